The fourth-order valence-corrected chi connectivity index (χ4v) is 2.48. The molecule has 3 nitrogen and oxygen atoms in total. The Morgan fingerprint density at radius 2 is 1.95 bits per heavy atom. The van der Waals surface area contributed by atoms with Gasteiger partial charge in [-0.15, -0.1) is 0 Å². The molecular weight excluding hydrogens is 258 g/mol. The maximum atomic E-state index is 9.24. The van der Waals surface area contributed by atoms with Crippen molar-refractivity contribution in [2.24, 2.45) is 0 Å². The SMILES string of the molecule is CC1(NCc2ccccc2)C=Cc2cccc(C#N)c2N1. The third-order valence-electron chi connectivity index (χ3n) is 3.70. The first kappa shape index (κ1) is 13.4. The van der Waals surface area contributed by atoms with Crippen molar-refractivity contribution in [1.82, 2.24) is 5.32 Å². The van der Waals surface area contributed by atoms with Gasteiger partial charge >= 0.3 is 0 Å². The number of nitrogens with one attached hydrogen (secondary N) is 2. The van der Waals surface area contributed by atoms with E-state index in [1.165, 1.54) is 5.56 Å². The van der Waals surface area contributed by atoms with Crippen molar-refractivity contribution in [3.63, 3.8) is 0 Å². The first-order chi connectivity index (χ1) is 10.2. The third-order valence-corrected chi connectivity index (χ3v) is 3.70. The average molecular weight is 275 g/mol. The molecule has 0 radical (unpaired) electrons. The Morgan fingerprint density at radius 1 is 1.14 bits per heavy atom. The van der Waals surface area contributed by atoms with Crippen LogP contribution >= 0.6 is 0 Å². The van der Waals surface area contributed by atoms with E-state index in [-0.39, 0.29) is 5.66 Å². The Kier molecular flexibility index (Phi) is 3.47. The summed E-state index contributed by atoms with van der Waals surface area (Å²) in [5.74, 6) is 0. The minimum atomic E-state index is -0.365. The van der Waals surface area contributed by atoms with Gasteiger partial charge in [0, 0.05) is 6.54 Å². The predicted octanol–water partition coefficient (Wildman–Crippen LogP) is 3.50. The maximum absolute atomic E-state index is 9.24. The van der Waals surface area contributed by atoms with Crippen molar-refractivity contribution in [3.05, 3.63) is 71.3 Å². The Morgan fingerprint density at radius 3 is 2.71 bits per heavy atom. The molecule has 3 heteroatoms. The van der Waals surface area contributed by atoms with E-state index in [0.717, 1.165) is 17.8 Å². The maximum Gasteiger partial charge on any atom is 0.105 e. The van der Waals surface area contributed by atoms with E-state index >= 15 is 0 Å². The van der Waals surface area contributed by atoms with Crippen molar-refractivity contribution in [2.45, 2.75) is 19.1 Å². The van der Waals surface area contributed by atoms with Crippen molar-refractivity contribution in [3.8, 4) is 6.07 Å². The molecule has 0 fully saturated rings. The molecule has 0 saturated heterocycles. The molecule has 0 aliphatic carbocycles. The Hall–Kier alpha value is -2.57. The van der Waals surface area contributed by atoms with Gasteiger partial charge in [0.1, 0.15) is 11.7 Å². The standard InChI is InChI=1S/C18H17N3/c1-18(20-13-14-6-3-2-4-7-14)11-10-15-8-5-9-16(12-19)17(15)21-18/h2-11,20-21H,13H2,1H3. The normalized spacial score (nSPS) is 19.4. The molecule has 0 aromatic heterocycles. The Balaban J connectivity index is 1.80. The lowest BCUT2D eigenvalue weighted by Gasteiger charge is -2.34. The van der Waals surface area contributed by atoms with Crippen LogP contribution in [-0.4, -0.2) is 5.66 Å². The van der Waals surface area contributed by atoms with Crippen LogP contribution in [0.15, 0.2) is 54.6 Å². The highest BCUT2D eigenvalue weighted by Crippen LogP contribution is 2.30. The van der Waals surface area contributed by atoms with E-state index in [2.05, 4.69) is 47.9 Å². The highest BCUT2D eigenvalue weighted by Gasteiger charge is 2.25. The summed E-state index contributed by atoms with van der Waals surface area (Å²) in [7, 11) is 0. The number of benzene rings is 2. The van der Waals surface area contributed by atoms with Gasteiger partial charge < -0.3 is 5.32 Å². The van der Waals surface area contributed by atoms with Gasteiger partial charge in [-0.3, -0.25) is 5.32 Å². The van der Waals surface area contributed by atoms with E-state index in [0.29, 0.717) is 5.56 Å². The average Bonchev–Trinajstić information content (AvgIpc) is 2.53. The first-order valence-electron chi connectivity index (χ1n) is 7.00. The summed E-state index contributed by atoms with van der Waals surface area (Å²) in [6, 6.07) is 18.3. The van der Waals surface area contributed by atoms with Crippen molar-refractivity contribution < 1.29 is 0 Å². The second-order valence-corrected chi connectivity index (χ2v) is 5.38. The van der Waals surface area contributed by atoms with E-state index in [1.807, 2.05) is 36.4 Å². The highest BCUT2D eigenvalue weighted by molar-refractivity contribution is 5.77. The summed E-state index contributed by atoms with van der Waals surface area (Å²) in [6.07, 6.45) is 4.16. The Bertz CT molecular complexity index is 713. The molecule has 1 aliphatic heterocycles. The van der Waals surface area contributed by atoms with E-state index < -0.39 is 0 Å². The van der Waals surface area contributed by atoms with Crippen LogP contribution in [0.5, 0.6) is 0 Å². The van der Waals surface area contributed by atoms with Gasteiger partial charge in [0.25, 0.3) is 0 Å². The molecule has 3 rings (SSSR count). The molecule has 21 heavy (non-hydrogen) atoms. The highest BCUT2D eigenvalue weighted by atomic mass is 15.2. The largest absolute Gasteiger partial charge is 0.363 e. The van der Waals surface area contributed by atoms with Crippen LogP contribution in [0.3, 0.4) is 0 Å². The smallest absolute Gasteiger partial charge is 0.105 e. The minimum Gasteiger partial charge on any atom is -0.363 e. The predicted molar refractivity (Wildman–Crippen MR) is 85.5 cm³/mol. The van der Waals surface area contributed by atoms with Crippen LogP contribution in [0.2, 0.25) is 0 Å². The monoisotopic (exact) mass is 275 g/mol. The topological polar surface area (TPSA) is 47.9 Å². The summed E-state index contributed by atoms with van der Waals surface area (Å²) in [4.78, 5) is 0. The second kappa shape index (κ2) is 5.43. The van der Waals surface area contributed by atoms with Crippen molar-refractivity contribution >= 4 is 11.8 Å². The molecule has 0 bridgehead atoms. The molecule has 2 aromatic carbocycles. The van der Waals surface area contributed by atoms with Gasteiger partial charge in [-0.1, -0.05) is 48.5 Å². The number of hydrogen-bond acceptors (Lipinski definition) is 3. The molecule has 1 heterocycles. The summed E-state index contributed by atoms with van der Waals surface area (Å²) < 4.78 is 0. The van der Waals surface area contributed by atoms with E-state index in [4.69, 9.17) is 0 Å². The lowest BCUT2D eigenvalue weighted by molar-refractivity contribution is 0.486. The van der Waals surface area contributed by atoms with Gasteiger partial charge in [-0.25, -0.2) is 0 Å². The number of fused-ring (bicyclic) bond motifs is 1. The quantitative estimate of drug-likeness (QED) is 0.901. The molecule has 2 N–H and O–H groups in total. The number of para-hydroxylation sites is 1. The summed E-state index contributed by atoms with van der Waals surface area (Å²) >= 11 is 0. The van der Waals surface area contributed by atoms with Gasteiger partial charge in [0.2, 0.25) is 0 Å². The van der Waals surface area contributed by atoms with Gasteiger partial charge in [-0.05, 0) is 30.2 Å². The molecule has 0 amide bonds. The zero-order chi connectivity index (χ0) is 14.7. The van der Waals surface area contributed by atoms with Crippen LogP contribution in [0.4, 0.5) is 5.69 Å². The van der Waals surface area contributed by atoms with E-state index in [9.17, 15) is 5.26 Å². The molecule has 1 unspecified atom stereocenters. The van der Waals surface area contributed by atoms with Crippen molar-refractivity contribution in [2.75, 3.05) is 5.32 Å². The number of nitriles is 1. The van der Waals surface area contributed by atoms with Crippen LogP contribution < -0.4 is 10.6 Å². The number of nitrogens with zero attached hydrogens (tertiary/aromatic N) is 1. The molecule has 0 saturated carbocycles. The summed E-state index contributed by atoms with van der Waals surface area (Å²) in [5, 5.41) is 16.2. The molecule has 104 valence electrons. The second-order valence-electron chi connectivity index (χ2n) is 5.38. The summed E-state index contributed by atoms with van der Waals surface area (Å²) in [5.41, 5.74) is 3.48. The van der Waals surface area contributed by atoms with Crippen molar-refractivity contribution in [1.29, 1.82) is 5.26 Å². The number of rotatable bonds is 3. The van der Waals surface area contributed by atoms with Crippen LogP contribution in [0, 0.1) is 11.3 Å². The fraction of sp³-hybridized carbons (Fsp3) is 0.167. The molecule has 1 aliphatic rings. The zero-order valence-electron chi connectivity index (χ0n) is 11.9. The molecule has 1 atom stereocenters. The fourth-order valence-electron chi connectivity index (χ4n) is 2.48. The van der Waals surface area contributed by atoms with Crippen LogP contribution in [0.1, 0.15) is 23.6 Å². The summed E-state index contributed by atoms with van der Waals surface area (Å²) in [6.45, 7) is 2.84. The first-order valence-corrected chi connectivity index (χ1v) is 7.00. The molecule has 2 aromatic rings. The van der Waals surface area contributed by atoms with Gasteiger partial charge in [0.15, 0.2) is 0 Å². The molecule has 0 spiro atoms. The van der Waals surface area contributed by atoms with E-state index in [1.54, 1.807) is 0 Å². The number of hydrogen-bond donors (Lipinski definition) is 2. The lowest BCUT2D eigenvalue weighted by atomic mass is 9.98. The molecular formula is C18H17N3. The lowest BCUT2D eigenvalue weighted by Crippen LogP contribution is -2.48. The Labute approximate surface area is 124 Å². The van der Waals surface area contributed by atoms with Gasteiger partial charge in [-0.2, -0.15) is 5.26 Å². The third kappa shape index (κ3) is 2.81. The zero-order valence-corrected chi connectivity index (χ0v) is 11.9. The minimum absolute atomic E-state index is 0.365. The van der Waals surface area contributed by atoms with Crippen LogP contribution in [0.25, 0.3) is 6.08 Å². The number of anilines is 1. The van der Waals surface area contributed by atoms with Crippen LogP contribution in [-0.2, 0) is 6.54 Å². The van der Waals surface area contributed by atoms with Gasteiger partial charge in [0.05, 0.1) is 11.3 Å².